The van der Waals surface area contributed by atoms with E-state index in [0.717, 1.165) is 4.88 Å². The third kappa shape index (κ3) is 4.72. The van der Waals surface area contributed by atoms with Gasteiger partial charge in [-0.1, -0.05) is 12.1 Å². The summed E-state index contributed by atoms with van der Waals surface area (Å²) in [5.41, 5.74) is 12.0. The number of carbonyl (C=O) groups excluding carboxylic acids is 2. The van der Waals surface area contributed by atoms with Crippen LogP contribution in [0.3, 0.4) is 0 Å². The summed E-state index contributed by atoms with van der Waals surface area (Å²) < 4.78 is 5.53. The fraction of sp³-hybridized carbons (Fsp3) is 0.250. The van der Waals surface area contributed by atoms with E-state index in [1.807, 2.05) is 19.1 Å². The highest BCUT2D eigenvalue weighted by atomic mass is 32.1. The zero-order chi connectivity index (χ0) is 16.8. The minimum absolute atomic E-state index is 0.181. The lowest BCUT2D eigenvalue weighted by molar-refractivity contribution is -0.116. The Labute approximate surface area is 138 Å². The minimum Gasteiger partial charge on any atom is -0.491 e. The summed E-state index contributed by atoms with van der Waals surface area (Å²) in [4.78, 5) is 24.2. The van der Waals surface area contributed by atoms with Gasteiger partial charge in [0.05, 0.1) is 17.9 Å². The lowest BCUT2D eigenvalue weighted by Crippen LogP contribution is -2.16. The Morgan fingerprint density at radius 1 is 1.30 bits per heavy atom. The number of nitrogen functional groups attached to an aromatic ring is 1. The van der Waals surface area contributed by atoms with E-state index in [9.17, 15) is 9.59 Å². The molecule has 0 aliphatic heterocycles. The molecule has 6 nitrogen and oxygen atoms in total. The number of ether oxygens (including phenoxy) is 1. The van der Waals surface area contributed by atoms with Crippen molar-refractivity contribution in [2.24, 2.45) is 5.73 Å². The smallest absolute Gasteiger partial charge is 0.251 e. The van der Waals surface area contributed by atoms with Gasteiger partial charge in [0.2, 0.25) is 5.91 Å². The molecule has 2 amide bonds. The van der Waals surface area contributed by atoms with Gasteiger partial charge < -0.3 is 21.5 Å². The standard InChI is InChI=1S/C16H19N3O3S/c1-10-9-11(15(18)21)16(23-10)19-14(20)7-4-8-22-13-6-3-2-5-12(13)17/h2-3,5-6,9H,4,7-8,17H2,1H3,(H2,18,21)(H,19,20). The molecular weight excluding hydrogens is 314 g/mol. The summed E-state index contributed by atoms with van der Waals surface area (Å²) in [7, 11) is 0. The summed E-state index contributed by atoms with van der Waals surface area (Å²) in [5.74, 6) is -0.121. The van der Waals surface area contributed by atoms with E-state index in [-0.39, 0.29) is 12.3 Å². The molecule has 23 heavy (non-hydrogen) atoms. The van der Waals surface area contributed by atoms with Crippen molar-refractivity contribution in [1.29, 1.82) is 0 Å². The van der Waals surface area contributed by atoms with Crippen LogP contribution in [-0.4, -0.2) is 18.4 Å². The predicted molar refractivity (Wildman–Crippen MR) is 91.8 cm³/mol. The van der Waals surface area contributed by atoms with E-state index in [4.69, 9.17) is 16.2 Å². The first kappa shape index (κ1) is 16.8. The number of aryl methyl sites for hydroxylation is 1. The zero-order valence-electron chi connectivity index (χ0n) is 12.8. The molecule has 122 valence electrons. The zero-order valence-corrected chi connectivity index (χ0v) is 13.6. The Balaban J connectivity index is 1.80. The third-order valence-corrected chi connectivity index (χ3v) is 4.06. The van der Waals surface area contributed by atoms with Gasteiger partial charge >= 0.3 is 0 Å². The SMILES string of the molecule is Cc1cc(C(N)=O)c(NC(=O)CCCOc2ccccc2N)s1. The number of para-hydroxylation sites is 2. The Morgan fingerprint density at radius 3 is 2.74 bits per heavy atom. The van der Waals surface area contributed by atoms with Gasteiger partial charge in [0, 0.05) is 11.3 Å². The minimum atomic E-state index is -0.549. The molecule has 2 aromatic rings. The second-order valence-corrected chi connectivity index (χ2v) is 6.26. The van der Waals surface area contributed by atoms with Gasteiger partial charge in [0.15, 0.2) is 0 Å². The van der Waals surface area contributed by atoms with Crippen molar-refractivity contribution in [3.63, 3.8) is 0 Å². The van der Waals surface area contributed by atoms with Gasteiger partial charge in [-0.2, -0.15) is 0 Å². The molecule has 1 aromatic heterocycles. The predicted octanol–water partition coefficient (Wildman–Crippen LogP) is 2.54. The second kappa shape index (κ2) is 7.64. The van der Waals surface area contributed by atoms with Crippen molar-refractivity contribution in [1.82, 2.24) is 0 Å². The van der Waals surface area contributed by atoms with Gasteiger partial charge in [-0.05, 0) is 31.5 Å². The molecule has 1 aromatic carbocycles. The van der Waals surface area contributed by atoms with Gasteiger partial charge in [0.1, 0.15) is 10.8 Å². The summed E-state index contributed by atoms with van der Waals surface area (Å²) in [5, 5.41) is 3.21. The van der Waals surface area contributed by atoms with Crippen molar-refractivity contribution in [2.45, 2.75) is 19.8 Å². The molecule has 0 saturated heterocycles. The lowest BCUT2D eigenvalue weighted by atomic mass is 10.2. The number of anilines is 2. The lowest BCUT2D eigenvalue weighted by Gasteiger charge is -2.08. The number of thiophene rings is 1. The van der Waals surface area contributed by atoms with Crippen molar-refractivity contribution in [3.05, 3.63) is 40.8 Å². The van der Waals surface area contributed by atoms with E-state index < -0.39 is 5.91 Å². The molecule has 0 bridgehead atoms. The molecule has 0 spiro atoms. The molecule has 7 heteroatoms. The maximum absolute atomic E-state index is 11.9. The van der Waals surface area contributed by atoms with Gasteiger partial charge in [-0.3, -0.25) is 9.59 Å². The normalized spacial score (nSPS) is 10.3. The second-order valence-electron chi connectivity index (χ2n) is 5.00. The van der Waals surface area contributed by atoms with Crippen LogP contribution >= 0.6 is 11.3 Å². The largest absolute Gasteiger partial charge is 0.491 e. The van der Waals surface area contributed by atoms with Gasteiger partial charge in [0.25, 0.3) is 5.91 Å². The monoisotopic (exact) mass is 333 g/mol. The van der Waals surface area contributed by atoms with Gasteiger partial charge in [-0.15, -0.1) is 11.3 Å². The Hall–Kier alpha value is -2.54. The first-order valence-electron chi connectivity index (χ1n) is 7.14. The van der Waals surface area contributed by atoms with Crippen LogP contribution in [0.1, 0.15) is 28.1 Å². The highest BCUT2D eigenvalue weighted by Gasteiger charge is 2.14. The summed E-state index contributed by atoms with van der Waals surface area (Å²) in [6.45, 7) is 2.23. The average molecular weight is 333 g/mol. The number of hydrogen-bond donors (Lipinski definition) is 3. The van der Waals surface area contributed by atoms with E-state index in [2.05, 4.69) is 5.32 Å². The van der Waals surface area contributed by atoms with E-state index in [0.29, 0.717) is 35.0 Å². The summed E-state index contributed by atoms with van der Waals surface area (Å²) >= 11 is 1.33. The summed E-state index contributed by atoms with van der Waals surface area (Å²) in [6.07, 6.45) is 0.818. The maximum Gasteiger partial charge on any atom is 0.251 e. The molecule has 2 rings (SSSR count). The number of primary amides is 1. The first-order valence-corrected chi connectivity index (χ1v) is 7.96. The number of rotatable bonds is 7. The molecule has 0 saturated carbocycles. The number of carbonyl (C=O) groups is 2. The van der Waals surface area contributed by atoms with Crippen molar-refractivity contribution < 1.29 is 14.3 Å². The Morgan fingerprint density at radius 2 is 2.04 bits per heavy atom. The number of hydrogen-bond acceptors (Lipinski definition) is 5. The molecule has 0 radical (unpaired) electrons. The number of nitrogens with one attached hydrogen (secondary N) is 1. The molecule has 0 aliphatic rings. The fourth-order valence-electron chi connectivity index (χ4n) is 2.01. The number of benzene rings is 1. The van der Waals surface area contributed by atoms with Crippen LogP contribution in [0.25, 0.3) is 0 Å². The van der Waals surface area contributed by atoms with Crippen molar-refractivity contribution >= 4 is 33.8 Å². The fourth-order valence-corrected chi connectivity index (χ4v) is 2.94. The quantitative estimate of drug-likeness (QED) is 0.534. The summed E-state index contributed by atoms with van der Waals surface area (Å²) in [6, 6.07) is 8.87. The molecule has 1 heterocycles. The van der Waals surface area contributed by atoms with Crippen LogP contribution in [0.2, 0.25) is 0 Å². The van der Waals surface area contributed by atoms with Crippen LogP contribution < -0.4 is 21.5 Å². The van der Waals surface area contributed by atoms with Crippen LogP contribution in [0.15, 0.2) is 30.3 Å². The Bertz CT molecular complexity index is 712. The highest BCUT2D eigenvalue weighted by molar-refractivity contribution is 7.16. The number of amides is 2. The van der Waals surface area contributed by atoms with E-state index >= 15 is 0 Å². The maximum atomic E-state index is 11.9. The topological polar surface area (TPSA) is 107 Å². The molecule has 0 aliphatic carbocycles. The molecular formula is C16H19N3O3S. The number of nitrogens with two attached hydrogens (primary N) is 2. The van der Waals surface area contributed by atoms with Crippen molar-refractivity contribution in [3.8, 4) is 5.75 Å². The van der Waals surface area contributed by atoms with Crippen LogP contribution in [0.5, 0.6) is 5.75 Å². The van der Waals surface area contributed by atoms with Crippen LogP contribution in [-0.2, 0) is 4.79 Å². The average Bonchev–Trinajstić information content (AvgIpc) is 2.86. The highest BCUT2D eigenvalue weighted by Crippen LogP contribution is 2.27. The van der Waals surface area contributed by atoms with Crippen molar-refractivity contribution in [2.75, 3.05) is 17.7 Å². The molecule has 5 N–H and O–H groups in total. The van der Waals surface area contributed by atoms with Gasteiger partial charge in [-0.25, -0.2) is 0 Å². The molecule has 0 atom stereocenters. The molecule has 0 unspecified atom stereocenters. The van der Waals surface area contributed by atoms with Crippen LogP contribution in [0, 0.1) is 6.92 Å². The van der Waals surface area contributed by atoms with E-state index in [1.165, 1.54) is 11.3 Å². The Kier molecular flexibility index (Phi) is 5.59. The molecule has 0 fully saturated rings. The third-order valence-electron chi connectivity index (χ3n) is 3.10. The van der Waals surface area contributed by atoms with E-state index in [1.54, 1.807) is 18.2 Å². The van der Waals surface area contributed by atoms with Crippen LogP contribution in [0.4, 0.5) is 10.7 Å². The first-order chi connectivity index (χ1) is 11.0.